The van der Waals surface area contributed by atoms with E-state index in [9.17, 15) is 4.79 Å². The first-order chi connectivity index (χ1) is 8.77. The summed E-state index contributed by atoms with van der Waals surface area (Å²) in [5.74, 6) is 0.223. The first-order valence-corrected chi connectivity index (χ1v) is 6.88. The Labute approximate surface area is 109 Å². The van der Waals surface area contributed by atoms with Crippen LogP contribution in [0, 0.1) is 0 Å². The van der Waals surface area contributed by atoms with Gasteiger partial charge in [-0.1, -0.05) is 31.0 Å². The number of hydrogen-bond acceptors (Lipinski definition) is 2. The smallest absolute Gasteiger partial charge is 0.244 e. The van der Waals surface area contributed by atoms with Gasteiger partial charge in [0.1, 0.15) is 6.04 Å². The van der Waals surface area contributed by atoms with E-state index in [2.05, 4.69) is 5.32 Å². The molecule has 0 aromatic heterocycles. The molecule has 18 heavy (non-hydrogen) atoms. The van der Waals surface area contributed by atoms with Crippen LogP contribution in [-0.2, 0) is 4.79 Å². The van der Waals surface area contributed by atoms with Crippen LogP contribution in [0.2, 0.25) is 0 Å². The highest BCUT2D eigenvalue weighted by Gasteiger charge is 2.20. The van der Waals surface area contributed by atoms with Gasteiger partial charge in [0, 0.05) is 18.8 Å². The maximum absolute atomic E-state index is 12.3. The zero-order chi connectivity index (χ0) is 12.8. The Morgan fingerprint density at radius 3 is 2.33 bits per heavy atom. The third-order valence-electron chi connectivity index (χ3n) is 3.45. The van der Waals surface area contributed by atoms with Crippen LogP contribution in [0.15, 0.2) is 30.3 Å². The normalized spacial score (nSPS) is 17.9. The summed E-state index contributed by atoms with van der Waals surface area (Å²) in [5.41, 5.74) is 1.01. The van der Waals surface area contributed by atoms with Crippen molar-refractivity contribution in [3.8, 4) is 0 Å². The fraction of sp³-hybridized carbons (Fsp3) is 0.533. The van der Waals surface area contributed by atoms with Crippen molar-refractivity contribution in [3.05, 3.63) is 30.3 Å². The monoisotopic (exact) mass is 246 g/mol. The Kier molecular flexibility index (Phi) is 4.62. The molecular formula is C15H22N2O. The predicted octanol–water partition coefficient (Wildman–Crippen LogP) is 2.89. The maximum atomic E-state index is 12.3. The largest absolute Gasteiger partial charge is 0.374 e. The quantitative estimate of drug-likeness (QED) is 0.889. The van der Waals surface area contributed by atoms with Crippen molar-refractivity contribution in [2.45, 2.75) is 38.6 Å². The van der Waals surface area contributed by atoms with E-state index in [-0.39, 0.29) is 11.9 Å². The minimum atomic E-state index is -0.148. The molecule has 0 saturated carbocycles. The fourth-order valence-electron chi connectivity index (χ4n) is 2.41. The molecule has 98 valence electrons. The average molecular weight is 246 g/mol. The highest BCUT2D eigenvalue weighted by molar-refractivity contribution is 5.84. The van der Waals surface area contributed by atoms with Gasteiger partial charge >= 0.3 is 0 Å². The van der Waals surface area contributed by atoms with Crippen LogP contribution >= 0.6 is 0 Å². The highest BCUT2D eigenvalue weighted by Crippen LogP contribution is 2.13. The lowest BCUT2D eigenvalue weighted by molar-refractivity contribution is -0.131. The lowest BCUT2D eigenvalue weighted by Crippen LogP contribution is -2.41. The van der Waals surface area contributed by atoms with Crippen LogP contribution in [0.25, 0.3) is 0 Å². The van der Waals surface area contributed by atoms with Gasteiger partial charge in [0.2, 0.25) is 5.91 Å². The molecule has 2 rings (SSSR count). The molecule has 1 unspecified atom stereocenters. The first-order valence-electron chi connectivity index (χ1n) is 6.88. The molecule has 1 aliphatic heterocycles. The molecule has 1 aliphatic rings. The lowest BCUT2D eigenvalue weighted by Gasteiger charge is -2.25. The fourth-order valence-corrected chi connectivity index (χ4v) is 2.41. The molecule has 1 N–H and O–H groups in total. The zero-order valence-electron chi connectivity index (χ0n) is 11.1. The molecule has 1 amide bonds. The molecule has 0 bridgehead atoms. The molecule has 1 aromatic carbocycles. The van der Waals surface area contributed by atoms with Gasteiger partial charge in [-0.25, -0.2) is 0 Å². The molecule has 1 atom stereocenters. The minimum Gasteiger partial charge on any atom is -0.374 e. The molecule has 0 radical (unpaired) electrons. The van der Waals surface area contributed by atoms with Crippen molar-refractivity contribution in [2.75, 3.05) is 18.4 Å². The van der Waals surface area contributed by atoms with E-state index in [1.807, 2.05) is 42.2 Å². The van der Waals surface area contributed by atoms with E-state index in [1.54, 1.807) is 0 Å². The minimum absolute atomic E-state index is 0.148. The molecule has 1 saturated heterocycles. The van der Waals surface area contributed by atoms with Crippen molar-refractivity contribution >= 4 is 11.6 Å². The van der Waals surface area contributed by atoms with Crippen LogP contribution in [0.1, 0.15) is 32.6 Å². The summed E-state index contributed by atoms with van der Waals surface area (Å²) in [6.45, 7) is 3.78. The summed E-state index contributed by atoms with van der Waals surface area (Å²) in [6, 6.07) is 9.77. The van der Waals surface area contributed by atoms with Gasteiger partial charge in [-0.3, -0.25) is 4.79 Å². The van der Waals surface area contributed by atoms with Crippen molar-refractivity contribution in [1.29, 1.82) is 0 Å². The number of anilines is 1. The van der Waals surface area contributed by atoms with E-state index in [4.69, 9.17) is 0 Å². The van der Waals surface area contributed by atoms with Gasteiger partial charge in [-0.05, 0) is 31.9 Å². The highest BCUT2D eigenvalue weighted by atomic mass is 16.2. The van der Waals surface area contributed by atoms with Crippen molar-refractivity contribution in [2.24, 2.45) is 0 Å². The molecule has 3 nitrogen and oxygen atoms in total. The maximum Gasteiger partial charge on any atom is 0.244 e. The van der Waals surface area contributed by atoms with Crippen LogP contribution in [0.4, 0.5) is 5.69 Å². The van der Waals surface area contributed by atoms with Crippen LogP contribution in [0.5, 0.6) is 0 Å². The number of benzene rings is 1. The van der Waals surface area contributed by atoms with Gasteiger partial charge in [-0.2, -0.15) is 0 Å². The zero-order valence-corrected chi connectivity index (χ0v) is 11.1. The number of carbonyl (C=O) groups excluding carboxylic acids is 1. The van der Waals surface area contributed by atoms with E-state index in [1.165, 1.54) is 12.8 Å². The standard InChI is InChI=1S/C15H22N2O/c1-13(16-14-9-5-4-6-10-14)15(18)17-11-7-2-3-8-12-17/h4-6,9-10,13,16H,2-3,7-8,11-12H2,1H3. The van der Waals surface area contributed by atoms with Crippen LogP contribution < -0.4 is 5.32 Å². The SMILES string of the molecule is CC(Nc1ccccc1)C(=O)N1CCCCCC1. The summed E-state index contributed by atoms with van der Waals surface area (Å²) < 4.78 is 0. The second-order valence-electron chi connectivity index (χ2n) is 4.97. The number of para-hydroxylation sites is 1. The Morgan fingerprint density at radius 1 is 1.11 bits per heavy atom. The molecule has 1 aromatic rings. The summed E-state index contributed by atoms with van der Waals surface area (Å²) in [5, 5.41) is 3.27. The molecule has 0 spiro atoms. The number of amides is 1. The van der Waals surface area contributed by atoms with E-state index in [0.717, 1.165) is 31.6 Å². The number of likely N-dealkylation sites (tertiary alicyclic amines) is 1. The number of nitrogens with zero attached hydrogens (tertiary/aromatic N) is 1. The van der Waals surface area contributed by atoms with Crippen molar-refractivity contribution < 1.29 is 4.79 Å². The number of rotatable bonds is 3. The number of nitrogens with one attached hydrogen (secondary N) is 1. The van der Waals surface area contributed by atoms with Crippen LogP contribution in [-0.4, -0.2) is 29.9 Å². The van der Waals surface area contributed by atoms with Crippen molar-refractivity contribution in [3.63, 3.8) is 0 Å². The van der Waals surface area contributed by atoms with Gasteiger partial charge < -0.3 is 10.2 Å². The van der Waals surface area contributed by atoms with Gasteiger partial charge in [-0.15, -0.1) is 0 Å². The Morgan fingerprint density at radius 2 is 1.72 bits per heavy atom. The van der Waals surface area contributed by atoms with Gasteiger partial charge in [0.15, 0.2) is 0 Å². The molecule has 3 heteroatoms. The Hall–Kier alpha value is -1.51. The second kappa shape index (κ2) is 6.43. The van der Waals surface area contributed by atoms with Gasteiger partial charge in [0.05, 0.1) is 0 Å². The first kappa shape index (κ1) is 12.9. The predicted molar refractivity (Wildman–Crippen MR) is 74.6 cm³/mol. The van der Waals surface area contributed by atoms with Gasteiger partial charge in [0.25, 0.3) is 0 Å². The van der Waals surface area contributed by atoms with E-state index >= 15 is 0 Å². The van der Waals surface area contributed by atoms with Crippen molar-refractivity contribution in [1.82, 2.24) is 4.90 Å². The van der Waals surface area contributed by atoms with Crippen LogP contribution in [0.3, 0.4) is 0 Å². The molecular weight excluding hydrogens is 224 g/mol. The summed E-state index contributed by atoms with van der Waals surface area (Å²) >= 11 is 0. The molecule has 1 heterocycles. The Balaban J connectivity index is 1.91. The lowest BCUT2D eigenvalue weighted by atomic mass is 10.2. The molecule has 1 fully saturated rings. The Bertz CT molecular complexity index is 369. The summed E-state index contributed by atoms with van der Waals surface area (Å²) in [6.07, 6.45) is 4.79. The summed E-state index contributed by atoms with van der Waals surface area (Å²) in [7, 11) is 0. The number of hydrogen-bond donors (Lipinski definition) is 1. The average Bonchev–Trinajstić information content (AvgIpc) is 2.68. The second-order valence-corrected chi connectivity index (χ2v) is 4.97. The van der Waals surface area contributed by atoms with E-state index in [0.29, 0.717) is 0 Å². The summed E-state index contributed by atoms with van der Waals surface area (Å²) in [4.78, 5) is 14.3. The molecule has 0 aliphatic carbocycles. The number of carbonyl (C=O) groups is 1. The third kappa shape index (κ3) is 3.49. The third-order valence-corrected chi connectivity index (χ3v) is 3.45. The topological polar surface area (TPSA) is 32.3 Å². The van der Waals surface area contributed by atoms with E-state index < -0.39 is 0 Å².